The molecule has 1 N–H and O–H groups in total. The summed E-state index contributed by atoms with van der Waals surface area (Å²) in [5.74, 6) is -4.46. The third-order valence-corrected chi connectivity index (χ3v) is 5.74. The van der Waals surface area contributed by atoms with Crippen LogP contribution >= 0.6 is 0 Å². The van der Waals surface area contributed by atoms with Gasteiger partial charge in [-0.1, -0.05) is 30.3 Å². The Labute approximate surface area is 193 Å². The summed E-state index contributed by atoms with van der Waals surface area (Å²) in [7, 11) is 0. The smallest absolute Gasteiger partial charge is 0.416 e. The Bertz CT molecular complexity index is 1110. The van der Waals surface area contributed by atoms with E-state index in [9.17, 15) is 32.8 Å². The highest BCUT2D eigenvalue weighted by Crippen LogP contribution is 2.75. The van der Waals surface area contributed by atoms with E-state index in [0.29, 0.717) is 5.56 Å². The summed E-state index contributed by atoms with van der Waals surface area (Å²) < 4.78 is 48.8. The van der Waals surface area contributed by atoms with Crippen LogP contribution < -0.4 is 5.32 Å². The van der Waals surface area contributed by atoms with Crippen LogP contribution in [0.5, 0.6) is 0 Å². The predicted octanol–water partition coefficient (Wildman–Crippen LogP) is 4.06. The van der Waals surface area contributed by atoms with Gasteiger partial charge in [0.05, 0.1) is 24.8 Å². The van der Waals surface area contributed by atoms with Crippen LogP contribution in [0.2, 0.25) is 0 Å². The van der Waals surface area contributed by atoms with Crippen LogP contribution in [-0.4, -0.2) is 31.1 Å². The Balaban J connectivity index is 2.10. The number of hydrogen-bond donors (Lipinski definition) is 1. The molecule has 0 aliphatic heterocycles. The van der Waals surface area contributed by atoms with Crippen molar-refractivity contribution < 1.29 is 37.0 Å². The molecule has 34 heavy (non-hydrogen) atoms. The molecule has 0 aromatic heterocycles. The second-order valence-corrected chi connectivity index (χ2v) is 7.54. The molecule has 0 unspecified atom stereocenters. The van der Waals surface area contributed by atoms with Crippen LogP contribution in [0.15, 0.2) is 54.6 Å². The van der Waals surface area contributed by atoms with Crippen LogP contribution in [0.4, 0.5) is 18.9 Å². The first-order valence-corrected chi connectivity index (χ1v) is 10.4. The van der Waals surface area contributed by atoms with Crippen molar-refractivity contribution in [2.24, 2.45) is 10.8 Å². The van der Waals surface area contributed by atoms with E-state index in [4.69, 9.17) is 9.47 Å². The molecule has 1 aliphatic rings. The molecule has 0 heterocycles. The number of nitrogens with zero attached hydrogens (tertiary/aromatic N) is 1. The Morgan fingerprint density at radius 2 is 1.50 bits per heavy atom. The lowest BCUT2D eigenvalue weighted by Crippen LogP contribution is -2.40. The molecule has 0 bridgehead atoms. The maximum Gasteiger partial charge on any atom is 0.416 e. The third kappa shape index (κ3) is 3.77. The number of nitrogens with one attached hydrogen (secondary N) is 1. The SMILES string of the molecule is CCOC(=O)C1(C(=O)OCC)[C@@H](c2ccccc2)[C@]1(C#N)C(=O)Nc1ccc(C(F)(F)F)cc1. The highest BCUT2D eigenvalue weighted by molar-refractivity contribution is 6.18. The van der Waals surface area contributed by atoms with Gasteiger partial charge in [0.25, 0.3) is 0 Å². The number of ether oxygens (including phenoxy) is 2. The third-order valence-electron chi connectivity index (χ3n) is 5.74. The summed E-state index contributed by atoms with van der Waals surface area (Å²) in [5, 5.41) is 12.6. The lowest BCUT2D eigenvalue weighted by molar-refractivity contribution is -0.167. The van der Waals surface area contributed by atoms with E-state index in [1.54, 1.807) is 30.3 Å². The van der Waals surface area contributed by atoms with Gasteiger partial charge < -0.3 is 14.8 Å². The van der Waals surface area contributed by atoms with E-state index < -0.39 is 46.3 Å². The molecule has 1 fully saturated rings. The zero-order valence-corrected chi connectivity index (χ0v) is 18.3. The Kier molecular flexibility index (Phi) is 6.68. The molecule has 2 atom stereocenters. The van der Waals surface area contributed by atoms with Gasteiger partial charge in [-0.2, -0.15) is 18.4 Å². The molecule has 3 rings (SSSR count). The number of carbonyl (C=O) groups excluding carboxylic acids is 3. The summed E-state index contributed by atoms with van der Waals surface area (Å²) in [6.07, 6.45) is -4.58. The minimum atomic E-state index is -4.58. The molecule has 1 aliphatic carbocycles. The lowest BCUT2D eigenvalue weighted by atomic mass is 9.92. The summed E-state index contributed by atoms with van der Waals surface area (Å²) >= 11 is 0. The fourth-order valence-corrected chi connectivity index (χ4v) is 4.24. The average Bonchev–Trinajstić information content (AvgIpc) is 3.46. The van der Waals surface area contributed by atoms with E-state index in [1.807, 2.05) is 6.07 Å². The number of rotatable bonds is 7. The number of anilines is 1. The Morgan fingerprint density at radius 1 is 0.971 bits per heavy atom. The fraction of sp³-hybridized carbons (Fsp3) is 0.333. The molecule has 2 aromatic carbocycles. The largest absolute Gasteiger partial charge is 0.465 e. The quantitative estimate of drug-likeness (QED) is 0.479. The molecular weight excluding hydrogens is 453 g/mol. The predicted molar refractivity (Wildman–Crippen MR) is 113 cm³/mol. The van der Waals surface area contributed by atoms with Gasteiger partial charge in [0.2, 0.25) is 11.3 Å². The van der Waals surface area contributed by atoms with E-state index >= 15 is 0 Å². The molecule has 178 valence electrons. The van der Waals surface area contributed by atoms with Gasteiger partial charge in [0, 0.05) is 11.6 Å². The fourth-order valence-electron chi connectivity index (χ4n) is 4.24. The summed E-state index contributed by atoms with van der Waals surface area (Å²) in [6, 6.07) is 13.4. The van der Waals surface area contributed by atoms with Gasteiger partial charge in [-0.05, 0) is 43.7 Å². The molecule has 1 saturated carbocycles. The van der Waals surface area contributed by atoms with Crippen molar-refractivity contribution in [3.63, 3.8) is 0 Å². The van der Waals surface area contributed by atoms with E-state index in [0.717, 1.165) is 24.3 Å². The number of nitriles is 1. The molecule has 7 nitrogen and oxygen atoms in total. The van der Waals surface area contributed by atoms with Crippen LogP contribution in [0.1, 0.15) is 30.9 Å². The maximum atomic E-state index is 13.5. The maximum absolute atomic E-state index is 13.5. The first kappa shape index (κ1) is 24.8. The van der Waals surface area contributed by atoms with Gasteiger partial charge in [-0.3, -0.25) is 14.4 Å². The first-order valence-electron chi connectivity index (χ1n) is 10.4. The van der Waals surface area contributed by atoms with E-state index in [-0.39, 0.29) is 18.9 Å². The topological polar surface area (TPSA) is 105 Å². The number of halogens is 3. The molecule has 0 saturated heterocycles. The highest BCUT2D eigenvalue weighted by Gasteiger charge is 2.91. The van der Waals surface area contributed by atoms with Crippen LogP contribution in [0.3, 0.4) is 0 Å². The average molecular weight is 474 g/mol. The summed E-state index contributed by atoms with van der Waals surface area (Å²) in [4.78, 5) is 39.7. The van der Waals surface area contributed by atoms with Crippen molar-refractivity contribution in [2.45, 2.75) is 25.9 Å². The van der Waals surface area contributed by atoms with Gasteiger partial charge in [0.15, 0.2) is 5.41 Å². The van der Waals surface area contributed by atoms with Gasteiger partial charge >= 0.3 is 18.1 Å². The molecule has 0 spiro atoms. The Morgan fingerprint density at radius 3 is 1.94 bits per heavy atom. The molecule has 0 radical (unpaired) electrons. The Hall–Kier alpha value is -3.87. The van der Waals surface area contributed by atoms with Crippen molar-refractivity contribution in [1.29, 1.82) is 5.26 Å². The van der Waals surface area contributed by atoms with Crippen LogP contribution in [0, 0.1) is 22.2 Å². The zero-order valence-electron chi connectivity index (χ0n) is 18.3. The van der Waals surface area contributed by atoms with Crippen molar-refractivity contribution in [3.05, 3.63) is 65.7 Å². The standard InChI is InChI=1S/C24H21F3N2O5/c1-3-33-20(31)23(21(32)34-4-2)18(15-8-6-5-7-9-15)22(23,14-28)19(30)29-17-12-10-16(11-13-17)24(25,26)27/h5-13,18H,3-4H2,1-2H3,(H,29,30)/t18-,22+/m0/s1. The number of benzene rings is 2. The minimum Gasteiger partial charge on any atom is -0.465 e. The summed E-state index contributed by atoms with van der Waals surface area (Å²) in [5.41, 5.74) is -5.16. The normalized spacial score (nSPS) is 20.5. The summed E-state index contributed by atoms with van der Waals surface area (Å²) in [6.45, 7) is 2.77. The van der Waals surface area contributed by atoms with Crippen molar-refractivity contribution >= 4 is 23.5 Å². The molecular formula is C24H21F3N2O5. The zero-order chi connectivity index (χ0) is 25.1. The highest BCUT2D eigenvalue weighted by atomic mass is 19.4. The number of amides is 1. The molecule has 1 amide bonds. The molecule has 2 aromatic rings. The van der Waals surface area contributed by atoms with Crippen molar-refractivity contribution in [1.82, 2.24) is 0 Å². The second kappa shape index (κ2) is 9.17. The number of alkyl halides is 3. The van der Waals surface area contributed by atoms with Crippen LogP contribution in [0.25, 0.3) is 0 Å². The van der Waals surface area contributed by atoms with Crippen molar-refractivity contribution in [2.75, 3.05) is 18.5 Å². The van der Waals surface area contributed by atoms with Gasteiger partial charge in [-0.25, -0.2) is 0 Å². The van der Waals surface area contributed by atoms with Gasteiger partial charge in [0.1, 0.15) is 0 Å². The van der Waals surface area contributed by atoms with E-state index in [1.165, 1.54) is 13.8 Å². The lowest BCUT2D eigenvalue weighted by Gasteiger charge is -2.18. The van der Waals surface area contributed by atoms with E-state index in [2.05, 4.69) is 5.32 Å². The number of esters is 2. The first-order chi connectivity index (χ1) is 16.1. The number of hydrogen-bond acceptors (Lipinski definition) is 6. The molecule has 10 heteroatoms. The monoisotopic (exact) mass is 474 g/mol. The second-order valence-electron chi connectivity index (χ2n) is 7.54. The van der Waals surface area contributed by atoms with Crippen molar-refractivity contribution in [3.8, 4) is 6.07 Å². The van der Waals surface area contributed by atoms with Gasteiger partial charge in [-0.15, -0.1) is 0 Å². The van der Waals surface area contributed by atoms with Crippen LogP contribution in [-0.2, 0) is 30.0 Å². The number of carbonyl (C=O) groups is 3. The minimum absolute atomic E-state index is 0.0482.